The first-order valence-corrected chi connectivity index (χ1v) is 8.85. The van der Waals surface area contributed by atoms with E-state index in [4.69, 9.17) is 11.0 Å². The van der Waals surface area contributed by atoms with Gasteiger partial charge in [0, 0.05) is 12.8 Å². The van der Waals surface area contributed by atoms with E-state index in [0.29, 0.717) is 11.5 Å². The molecule has 1 heterocycles. The zero-order chi connectivity index (χ0) is 15.6. The summed E-state index contributed by atoms with van der Waals surface area (Å²) in [4.78, 5) is 0.221. The second-order valence-corrected chi connectivity index (χ2v) is 7.70. The molecule has 5 nitrogen and oxygen atoms in total. The first-order valence-electron chi connectivity index (χ1n) is 6.14. The highest BCUT2D eigenvalue weighted by Gasteiger charge is 2.23. The molecule has 1 aromatic carbocycles. The number of anilines is 2. The number of aryl methyl sites for hydroxylation is 1. The van der Waals surface area contributed by atoms with Gasteiger partial charge in [0.15, 0.2) is 9.84 Å². The van der Waals surface area contributed by atoms with Crippen LogP contribution in [0.2, 0.25) is 0 Å². The summed E-state index contributed by atoms with van der Waals surface area (Å²) in [6.07, 6.45) is 1.09. The molecule has 0 fully saturated rings. The lowest BCUT2D eigenvalue weighted by Crippen LogP contribution is -2.05. The molecule has 0 aliphatic heterocycles. The number of nitrogens with one attached hydrogen (secondary N) is 1. The van der Waals surface area contributed by atoms with E-state index in [1.165, 1.54) is 0 Å². The number of nitriles is 1. The molecule has 0 saturated carbocycles. The van der Waals surface area contributed by atoms with Gasteiger partial charge in [-0.3, -0.25) is 0 Å². The highest BCUT2D eigenvalue weighted by Crippen LogP contribution is 2.38. The molecule has 0 aliphatic rings. The van der Waals surface area contributed by atoms with Crippen molar-refractivity contribution in [3.63, 3.8) is 0 Å². The minimum absolute atomic E-state index is 0.0108. The number of hydrogen-bond donors (Lipinski definition) is 2. The largest absolute Gasteiger partial charge is 0.396 e. The SMILES string of the molecule is Cc1cccc(CNc2sc(C#N)c(N)c2S(C)(=O)=O)c1. The predicted molar refractivity (Wildman–Crippen MR) is 85.1 cm³/mol. The highest BCUT2D eigenvalue weighted by molar-refractivity contribution is 7.91. The molecule has 0 unspecified atom stereocenters. The van der Waals surface area contributed by atoms with Crippen molar-refractivity contribution in [1.29, 1.82) is 5.26 Å². The highest BCUT2D eigenvalue weighted by atomic mass is 32.2. The van der Waals surface area contributed by atoms with E-state index in [2.05, 4.69) is 5.32 Å². The van der Waals surface area contributed by atoms with Gasteiger partial charge in [-0.05, 0) is 12.5 Å². The molecule has 21 heavy (non-hydrogen) atoms. The van der Waals surface area contributed by atoms with Gasteiger partial charge < -0.3 is 11.1 Å². The minimum atomic E-state index is -3.49. The third kappa shape index (κ3) is 3.35. The standard InChI is InChI=1S/C14H15N3O2S2/c1-9-4-3-5-10(6-9)8-17-14-13(21(2,18)19)12(16)11(7-15)20-14/h3-6,17H,8,16H2,1-2H3. The predicted octanol–water partition coefficient (Wildman–Crippen LogP) is 2.53. The topological polar surface area (TPSA) is 96.0 Å². The second-order valence-electron chi connectivity index (χ2n) is 4.73. The van der Waals surface area contributed by atoms with Crippen molar-refractivity contribution in [2.45, 2.75) is 18.4 Å². The summed E-state index contributed by atoms with van der Waals surface area (Å²) >= 11 is 1.06. The molecule has 0 atom stereocenters. The van der Waals surface area contributed by atoms with Crippen molar-refractivity contribution in [2.24, 2.45) is 0 Å². The minimum Gasteiger partial charge on any atom is -0.396 e. The Balaban J connectivity index is 2.35. The van der Waals surface area contributed by atoms with Crippen molar-refractivity contribution in [2.75, 3.05) is 17.3 Å². The van der Waals surface area contributed by atoms with E-state index in [-0.39, 0.29) is 15.5 Å². The molecule has 0 aliphatic carbocycles. The van der Waals surface area contributed by atoms with E-state index in [9.17, 15) is 8.42 Å². The van der Waals surface area contributed by atoms with E-state index < -0.39 is 9.84 Å². The first-order chi connectivity index (χ1) is 9.82. The van der Waals surface area contributed by atoms with Gasteiger partial charge in [-0.2, -0.15) is 5.26 Å². The summed E-state index contributed by atoms with van der Waals surface area (Å²) in [5.74, 6) is 0. The summed E-state index contributed by atoms with van der Waals surface area (Å²) in [5, 5.41) is 12.5. The number of nitrogens with two attached hydrogens (primary N) is 1. The van der Waals surface area contributed by atoms with Crippen molar-refractivity contribution < 1.29 is 8.42 Å². The smallest absolute Gasteiger partial charge is 0.180 e. The maximum Gasteiger partial charge on any atom is 0.180 e. The number of sulfone groups is 1. The first kappa shape index (κ1) is 15.4. The Morgan fingerprint density at radius 3 is 2.71 bits per heavy atom. The normalized spacial score (nSPS) is 11.1. The van der Waals surface area contributed by atoms with Crippen LogP contribution in [0.25, 0.3) is 0 Å². The van der Waals surface area contributed by atoms with Crippen molar-refractivity contribution in [3.05, 3.63) is 40.3 Å². The maximum absolute atomic E-state index is 11.8. The summed E-state index contributed by atoms with van der Waals surface area (Å²) in [5.41, 5.74) is 7.94. The van der Waals surface area contributed by atoms with Gasteiger partial charge in [0.1, 0.15) is 20.8 Å². The Morgan fingerprint density at radius 1 is 1.43 bits per heavy atom. The fourth-order valence-electron chi connectivity index (χ4n) is 2.00. The Hall–Kier alpha value is -2.04. The van der Waals surface area contributed by atoms with E-state index in [0.717, 1.165) is 28.7 Å². The molecule has 2 aromatic rings. The molecule has 110 valence electrons. The fourth-order valence-corrected chi connectivity index (χ4v) is 4.36. The van der Waals surface area contributed by atoms with Gasteiger partial charge >= 0.3 is 0 Å². The monoisotopic (exact) mass is 321 g/mol. The lowest BCUT2D eigenvalue weighted by atomic mass is 10.1. The van der Waals surface area contributed by atoms with Crippen LogP contribution < -0.4 is 11.1 Å². The van der Waals surface area contributed by atoms with Crippen LogP contribution in [0.5, 0.6) is 0 Å². The van der Waals surface area contributed by atoms with Crippen LogP contribution in [-0.2, 0) is 16.4 Å². The lowest BCUT2D eigenvalue weighted by Gasteiger charge is -2.07. The number of benzene rings is 1. The van der Waals surface area contributed by atoms with Crippen LogP contribution in [0.1, 0.15) is 16.0 Å². The summed E-state index contributed by atoms with van der Waals surface area (Å²) in [6, 6.07) is 9.81. The van der Waals surface area contributed by atoms with Gasteiger partial charge in [0.25, 0.3) is 0 Å². The van der Waals surface area contributed by atoms with Crippen LogP contribution in [0, 0.1) is 18.3 Å². The quantitative estimate of drug-likeness (QED) is 0.902. The molecule has 0 radical (unpaired) electrons. The van der Waals surface area contributed by atoms with Gasteiger partial charge in [0.2, 0.25) is 0 Å². The van der Waals surface area contributed by atoms with Crippen LogP contribution in [0.4, 0.5) is 10.7 Å². The number of hydrogen-bond acceptors (Lipinski definition) is 6. The molecule has 0 bridgehead atoms. The Kier molecular flexibility index (Phi) is 4.21. The number of nitrogen functional groups attached to an aromatic ring is 1. The van der Waals surface area contributed by atoms with E-state index in [1.807, 2.05) is 37.3 Å². The fraction of sp³-hybridized carbons (Fsp3) is 0.214. The average molecular weight is 321 g/mol. The Labute approximate surface area is 127 Å². The van der Waals surface area contributed by atoms with Crippen molar-refractivity contribution >= 4 is 31.9 Å². The number of thiophene rings is 1. The average Bonchev–Trinajstić information content (AvgIpc) is 2.72. The maximum atomic E-state index is 11.8. The molecular weight excluding hydrogens is 306 g/mol. The van der Waals surface area contributed by atoms with Crippen molar-refractivity contribution in [1.82, 2.24) is 0 Å². The number of nitrogens with zero attached hydrogens (tertiary/aromatic N) is 1. The van der Waals surface area contributed by atoms with Gasteiger partial charge in [-0.25, -0.2) is 8.42 Å². The summed E-state index contributed by atoms with van der Waals surface area (Å²) in [6.45, 7) is 2.46. The van der Waals surface area contributed by atoms with E-state index in [1.54, 1.807) is 0 Å². The van der Waals surface area contributed by atoms with Gasteiger partial charge in [-0.1, -0.05) is 29.8 Å². The lowest BCUT2D eigenvalue weighted by molar-refractivity contribution is 0.603. The molecule has 3 N–H and O–H groups in total. The van der Waals surface area contributed by atoms with Gasteiger partial charge in [-0.15, -0.1) is 11.3 Å². The zero-order valence-electron chi connectivity index (χ0n) is 11.7. The Bertz CT molecular complexity index is 817. The van der Waals surface area contributed by atoms with Crippen LogP contribution >= 0.6 is 11.3 Å². The number of rotatable bonds is 4. The molecule has 2 rings (SSSR count). The van der Waals surface area contributed by atoms with E-state index >= 15 is 0 Å². The second kappa shape index (κ2) is 5.76. The molecular formula is C14H15N3O2S2. The molecule has 1 aromatic heterocycles. The van der Waals surface area contributed by atoms with Crippen LogP contribution in [0.3, 0.4) is 0 Å². The third-order valence-electron chi connectivity index (χ3n) is 2.91. The van der Waals surface area contributed by atoms with Crippen LogP contribution in [0.15, 0.2) is 29.2 Å². The van der Waals surface area contributed by atoms with Gasteiger partial charge in [0.05, 0.1) is 5.69 Å². The summed E-state index contributed by atoms with van der Waals surface area (Å²) < 4.78 is 23.7. The molecule has 0 amide bonds. The summed E-state index contributed by atoms with van der Waals surface area (Å²) in [7, 11) is -3.49. The third-order valence-corrected chi connectivity index (χ3v) is 5.27. The molecule has 7 heteroatoms. The van der Waals surface area contributed by atoms with Crippen LogP contribution in [-0.4, -0.2) is 14.7 Å². The Morgan fingerprint density at radius 2 is 2.14 bits per heavy atom. The molecule has 0 saturated heterocycles. The van der Waals surface area contributed by atoms with Crippen molar-refractivity contribution in [3.8, 4) is 6.07 Å². The molecule has 0 spiro atoms. The zero-order valence-corrected chi connectivity index (χ0v) is 13.3.